The van der Waals surface area contributed by atoms with Crippen LogP contribution in [0, 0.1) is 19.7 Å². The Morgan fingerprint density at radius 1 is 1.22 bits per heavy atom. The second-order valence-corrected chi connectivity index (χ2v) is 7.61. The number of anilines is 1. The molecule has 2 amide bonds. The number of nitrogens with one attached hydrogen (secondary N) is 2. The summed E-state index contributed by atoms with van der Waals surface area (Å²) in [6.07, 6.45) is 0.0688. The summed E-state index contributed by atoms with van der Waals surface area (Å²) in [4.78, 5) is 28.7. The highest BCUT2D eigenvalue weighted by Crippen LogP contribution is 2.24. The van der Waals surface area contributed by atoms with Crippen LogP contribution >= 0.6 is 11.8 Å². The molecule has 0 spiro atoms. The number of hydrogen-bond acceptors (Lipinski definition) is 4. The van der Waals surface area contributed by atoms with Crippen LogP contribution < -0.4 is 10.6 Å². The van der Waals surface area contributed by atoms with Crippen LogP contribution in [0.3, 0.4) is 0 Å². The molecule has 1 aliphatic heterocycles. The predicted octanol–water partition coefficient (Wildman–Crippen LogP) is 3.56. The first-order chi connectivity index (χ1) is 12.9. The van der Waals surface area contributed by atoms with E-state index in [-0.39, 0.29) is 24.1 Å². The van der Waals surface area contributed by atoms with Gasteiger partial charge >= 0.3 is 0 Å². The lowest BCUT2D eigenvalue weighted by Gasteiger charge is -2.10. The van der Waals surface area contributed by atoms with Crippen molar-refractivity contribution in [1.29, 1.82) is 0 Å². The fraction of sp³-hybridized carbons (Fsp3) is 0.250. The Hall–Kier alpha value is -2.67. The fourth-order valence-electron chi connectivity index (χ4n) is 2.69. The van der Waals surface area contributed by atoms with Gasteiger partial charge in [-0.25, -0.2) is 4.39 Å². The van der Waals surface area contributed by atoms with Crippen molar-refractivity contribution in [1.82, 2.24) is 5.32 Å². The summed E-state index contributed by atoms with van der Waals surface area (Å²) in [6, 6.07) is 11.8. The third kappa shape index (κ3) is 5.17. The van der Waals surface area contributed by atoms with E-state index in [0.29, 0.717) is 11.7 Å². The molecule has 27 heavy (non-hydrogen) atoms. The maximum Gasteiger partial charge on any atom is 0.240 e. The van der Waals surface area contributed by atoms with Gasteiger partial charge in [0.2, 0.25) is 11.8 Å². The second-order valence-electron chi connectivity index (χ2n) is 6.41. The first-order valence-corrected chi connectivity index (χ1v) is 9.42. The summed E-state index contributed by atoms with van der Waals surface area (Å²) in [7, 11) is 0. The standard InChI is InChI=1S/C20H20FN3O2S/c1-12-3-8-16(13(2)9-12)23-18(25)10-17-19(26)24-20(27-17)22-11-14-4-6-15(21)7-5-14/h3-9,17H,10-11H2,1-2H3,(H,23,25)(H,22,24,26)/t17-/m0/s1. The molecule has 140 valence electrons. The van der Waals surface area contributed by atoms with Crippen LogP contribution in [0.15, 0.2) is 47.5 Å². The van der Waals surface area contributed by atoms with Gasteiger partial charge in [0.05, 0.1) is 6.54 Å². The molecule has 0 radical (unpaired) electrons. The summed E-state index contributed by atoms with van der Waals surface area (Å²) in [5.74, 6) is -0.743. The number of aliphatic imine (C=N–C) groups is 1. The SMILES string of the molecule is Cc1ccc(NC(=O)C[C@@H]2SC(=NCc3ccc(F)cc3)NC2=O)c(C)c1. The number of amidine groups is 1. The fourth-order valence-corrected chi connectivity index (χ4v) is 3.66. The number of carbonyl (C=O) groups is 2. The number of nitrogens with zero attached hydrogens (tertiary/aromatic N) is 1. The van der Waals surface area contributed by atoms with Crippen LogP contribution in [0.25, 0.3) is 0 Å². The van der Waals surface area contributed by atoms with Crippen molar-refractivity contribution in [3.05, 3.63) is 65.0 Å². The topological polar surface area (TPSA) is 70.6 Å². The third-order valence-electron chi connectivity index (χ3n) is 4.12. The molecule has 1 heterocycles. The lowest BCUT2D eigenvalue weighted by molar-refractivity contribution is -0.122. The molecule has 1 saturated heterocycles. The number of benzene rings is 2. The minimum Gasteiger partial charge on any atom is -0.326 e. The Morgan fingerprint density at radius 2 is 1.96 bits per heavy atom. The summed E-state index contributed by atoms with van der Waals surface area (Å²) >= 11 is 1.24. The van der Waals surface area contributed by atoms with Crippen LogP contribution in [0.5, 0.6) is 0 Å². The quantitative estimate of drug-likeness (QED) is 0.827. The van der Waals surface area contributed by atoms with E-state index >= 15 is 0 Å². The molecule has 0 unspecified atom stereocenters. The normalized spacial score (nSPS) is 17.8. The molecule has 0 bridgehead atoms. The van der Waals surface area contributed by atoms with E-state index in [2.05, 4.69) is 15.6 Å². The van der Waals surface area contributed by atoms with Gasteiger partial charge in [-0.15, -0.1) is 0 Å². The number of carbonyl (C=O) groups excluding carboxylic acids is 2. The molecule has 0 saturated carbocycles. The molecule has 7 heteroatoms. The molecule has 0 aromatic heterocycles. The van der Waals surface area contributed by atoms with Crippen molar-refractivity contribution in [2.45, 2.75) is 32.1 Å². The lowest BCUT2D eigenvalue weighted by atomic mass is 10.1. The van der Waals surface area contributed by atoms with Crippen molar-refractivity contribution in [3.63, 3.8) is 0 Å². The second kappa shape index (κ2) is 8.35. The third-order valence-corrected chi connectivity index (χ3v) is 5.24. The minimum absolute atomic E-state index is 0.0688. The zero-order valence-electron chi connectivity index (χ0n) is 15.1. The maximum atomic E-state index is 12.9. The summed E-state index contributed by atoms with van der Waals surface area (Å²) in [5, 5.41) is 5.52. The molecule has 1 aliphatic rings. The molecule has 5 nitrogen and oxygen atoms in total. The predicted molar refractivity (Wildman–Crippen MR) is 106 cm³/mol. The van der Waals surface area contributed by atoms with E-state index in [4.69, 9.17) is 0 Å². The van der Waals surface area contributed by atoms with Gasteiger partial charge in [0.25, 0.3) is 0 Å². The minimum atomic E-state index is -0.511. The molecule has 2 N–H and O–H groups in total. The van der Waals surface area contributed by atoms with Crippen molar-refractivity contribution in [3.8, 4) is 0 Å². The number of aryl methyl sites for hydroxylation is 2. The molecule has 2 aromatic rings. The van der Waals surface area contributed by atoms with Crippen molar-refractivity contribution < 1.29 is 14.0 Å². The maximum absolute atomic E-state index is 12.9. The van der Waals surface area contributed by atoms with Gasteiger partial charge in [0, 0.05) is 12.1 Å². The average molecular weight is 385 g/mol. The monoisotopic (exact) mass is 385 g/mol. The molecule has 2 aromatic carbocycles. The molecule has 1 atom stereocenters. The molecular formula is C20H20FN3O2S. The van der Waals surface area contributed by atoms with Crippen LogP contribution in [-0.2, 0) is 16.1 Å². The first-order valence-electron chi connectivity index (χ1n) is 8.54. The van der Waals surface area contributed by atoms with Crippen LogP contribution in [0.4, 0.5) is 10.1 Å². The van der Waals surface area contributed by atoms with Gasteiger partial charge in [-0.3, -0.25) is 14.6 Å². The zero-order chi connectivity index (χ0) is 19.4. The lowest BCUT2D eigenvalue weighted by Crippen LogP contribution is -2.28. The van der Waals surface area contributed by atoms with E-state index in [1.165, 1.54) is 23.9 Å². The van der Waals surface area contributed by atoms with Crippen LogP contribution in [0.1, 0.15) is 23.1 Å². The number of rotatable bonds is 5. The van der Waals surface area contributed by atoms with E-state index in [1.54, 1.807) is 12.1 Å². The van der Waals surface area contributed by atoms with Crippen LogP contribution in [0.2, 0.25) is 0 Å². The van der Waals surface area contributed by atoms with E-state index in [9.17, 15) is 14.0 Å². The number of halogens is 1. The number of thioether (sulfide) groups is 1. The zero-order valence-corrected chi connectivity index (χ0v) is 15.9. The molecule has 0 aliphatic carbocycles. The number of amides is 2. The molecule has 3 rings (SSSR count). The Balaban J connectivity index is 1.56. The van der Waals surface area contributed by atoms with Gasteiger partial charge in [-0.05, 0) is 43.2 Å². The van der Waals surface area contributed by atoms with Gasteiger partial charge in [-0.1, -0.05) is 41.6 Å². The van der Waals surface area contributed by atoms with Crippen molar-refractivity contribution in [2.24, 2.45) is 4.99 Å². The smallest absolute Gasteiger partial charge is 0.240 e. The summed E-state index contributed by atoms with van der Waals surface area (Å²) in [5.41, 5.74) is 3.70. The first kappa shape index (κ1) is 19.1. The Kier molecular flexibility index (Phi) is 5.91. The van der Waals surface area contributed by atoms with Gasteiger partial charge in [0.15, 0.2) is 5.17 Å². The highest BCUT2D eigenvalue weighted by atomic mass is 32.2. The number of hydrogen-bond donors (Lipinski definition) is 2. The Morgan fingerprint density at radius 3 is 2.67 bits per heavy atom. The van der Waals surface area contributed by atoms with Gasteiger partial charge in [-0.2, -0.15) is 0 Å². The van der Waals surface area contributed by atoms with Crippen LogP contribution in [-0.4, -0.2) is 22.2 Å². The summed E-state index contributed by atoms with van der Waals surface area (Å²) in [6.45, 7) is 4.26. The average Bonchev–Trinajstić information content (AvgIpc) is 2.96. The Bertz CT molecular complexity index is 897. The largest absolute Gasteiger partial charge is 0.326 e. The highest BCUT2D eigenvalue weighted by molar-refractivity contribution is 8.15. The Labute approximate surface area is 161 Å². The van der Waals surface area contributed by atoms with Gasteiger partial charge < -0.3 is 10.6 Å². The van der Waals surface area contributed by atoms with E-state index < -0.39 is 5.25 Å². The van der Waals surface area contributed by atoms with Crippen molar-refractivity contribution in [2.75, 3.05) is 5.32 Å². The van der Waals surface area contributed by atoms with Crippen molar-refractivity contribution >= 4 is 34.4 Å². The van der Waals surface area contributed by atoms with Gasteiger partial charge in [0.1, 0.15) is 11.1 Å². The highest BCUT2D eigenvalue weighted by Gasteiger charge is 2.32. The van der Waals surface area contributed by atoms with E-state index in [0.717, 1.165) is 22.4 Å². The van der Waals surface area contributed by atoms with E-state index in [1.807, 2.05) is 32.0 Å². The molecule has 1 fully saturated rings. The summed E-state index contributed by atoms with van der Waals surface area (Å²) < 4.78 is 12.9. The molecular weight excluding hydrogens is 365 g/mol.